The Bertz CT molecular complexity index is 528. The van der Waals surface area contributed by atoms with Crippen LogP contribution < -0.4 is 5.73 Å². The van der Waals surface area contributed by atoms with Gasteiger partial charge in [-0.2, -0.15) is 0 Å². The second-order valence-electron chi connectivity index (χ2n) is 4.03. The van der Waals surface area contributed by atoms with Gasteiger partial charge in [0.15, 0.2) is 4.60 Å². The zero-order valence-corrected chi connectivity index (χ0v) is 11.4. The summed E-state index contributed by atoms with van der Waals surface area (Å²) in [5, 5.41) is 7.89. The minimum atomic E-state index is 0.230. The molecule has 6 nitrogen and oxygen atoms in total. The molecule has 90 valence electrons. The summed E-state index contributed by atoms with van der Waals surface area (Å²) < 4.78 is 2.32. The quantitative estimate of drug-likeness (QED) is 0.913. The molecule has 17 heavy (non-hydrogen) atoms. The van der Waals surface area contributed by atoms with Crippen LogP contribution in [0.3, 0.4) is 0 Å². The monoisotopic (exact) mass is 296 g/mol. The molecule has 0 aliphatic heterocycles. The van der Waals surface area contributed by atoms with E-state index in [9.17, 15) is 0 Å². The number of aryl methyl sites for hydroxylation is 1. The van der Waals surface area contributed by atoms with Gasteiger partial charge in [-0.15, -0.1) is 5.10 Å². The van der Waals surface area contributed by atoms with Crippen LogP contribution in [0.15, 0.2) is 10.9 Å². The molecule has 0 aliphatic carbocycles. The number of halogens is 1. The highest BCUT2D eigenvalue weighted by Gasteiger charge is 2.20. The molecule has 0 spiro atoms. The fraction of sp³-hybridized carbons (Fsp3) is 0.400. The number of nitrogen functional groups attached to an aromatic ring is 1. The summed E-state index contributed by atoms with van der Waals surface area (Å²) in [6.07, 6.45) is 1.45. The minimum absolute atomic E-state index is 0.230. The van der Waals surface area contributed by atoms with Crippen molar-refractivity contribution in [3.05, 3.63) is 16.5 Å². The summed E-state index contributed by atoms with van der Waals surface area (Å²) in [5.74, 6) is 0.728. The largest absolute Gasteiger partial charge is 0.383 e. The molecule has 0 saturated heterocycles. The van der Waals surface area contributed by atoms with E-state index in [0.717, 1.165) is 17.0 Å². The number of nitrogens with two attached hydrogens (primary N) is 1. The standard InChI is InChI=1S/C10H13BrN6/c1-5(2)6-7(13-4-14-10(6)12)8-9(11)15-16-17(8)3/h4-5H,1-3H3,(H2,12,13,14). The molecule has 7 heteroatoms. The molecule has 2 heterocycles. The molecular weight excluding hydrogens is 284 g/mol. The number of aromatic nitrogens is 5. The van der Waals surface area contributed by atoms with Gasteiger partial charge in [0.1, 0.15) is 23.5 Å². The van der Waals surface area contributed by atoms with E-state index in [2.05, 4.69) is 50.1 Å². The zero-order valence-electron chi connectivity index (χ0n) is 9.85. The van der Waals surface area contributed by atoms with E-state index in [4.69, 9.17) is 5.73 Å². The second-order valence-corrected chi connectivity index (χ2v) is 4.78. The number of anilines is 1. The van der Waals surface area contributed by atoms with Crippen molar-refractivity contribution in [3.8, 4) is 11.4 Å². The first-order valence-corrected chi connectivity index (χ1v) is 5.97. The molecule has 0 aromatic carbocycles. The summed E-state index contributed by atoms with van der Waals surface area (Å²) in [6, 6.07) is 0. The summed E-state index contributed by atoms with van der Waals surface area (Å²) in [6.45, 7) is 4.10. The number of hydrogen-bond donors (Lipinski definition) is 1. The van der Waals surface area contributed by atoms with Crippen LogP contribution in [0.2, 0.25) is 0 Å². The van der Waals surface area contributed by atoms with Crippen LogP contribution in [0.5, 0.6) is 0 Å². The third-order valence-corrected chi connectivity index (χ3v) is 3.04. The lowest BCUT2D eigenvalue weighted by Crippen LogP contribution is -2.06. The lowest BCUT2D eigenvalue weighted by Gasteiger charge is -2.13. The van der Waals surface area contributed by atoms with Crippen LogP contribution in [0.4, 0.5) is 5.82 Å². The smallest absolute Gasteiger partial charge is 0.157 e. The Hall–Kier alpha value is -1.50. The summed E-state index contributed by atoms with van der Waals surface area (Å²) in [5.41, 5.74) is 8.41. The number of nitrogens with zero attached hydrogens (tertiary/aromatic N) is 5. The number of hydrogen-bond acceptors (Lipinski definition) is 5. The fourth-order valence-electron chi connectivity index (χ4n) is 1.75. The highest BCUT2D eigenvalue weighted by Crippen LogP contribution is 2.32. The molecule has 0 radical (unpaired) electrons. The van der Waals surface area contributed by atoms with E-state index >= 15 is 0 Å². The van der Waals surface area contributed by atoms with Crippen LogP contribution in [0.1, 0.15) is 25.3 Å². The molecule has 0 atom stereocenters. The highest BCUT2D eigenvalue weighted by molar-refractivity contribution is 9.10. The maximum atomic E-state index is 5.91. The van der Waals surface area contributed by atoms with Gasteiger partial charge in [0.2, 0.25) is 0 Å². The predicted octanol–water partition coefficient (Wildman–Crippen LogP) is 1.74. The van der Waals surface area contributed by atoms with Gasteiger partial charge in [-0.25, -0.2) is 14.6 Å². The SMILES string of the molecule is CC(C)c1c(N)ncnc1-c1c(Br)nnn1C. The molecule has 0 amide bonds. The normalized spacial score (nSPS) is 11.1. The fourth-order valence-corrected chi connectivity index (χ4v) is 2.27. The third kappa shape index (κ3) is 2.02. The van der Waals surface area contributed by atoms with Crippen LogP contribution in [-0.2, 0) is 7.05 Å². The van der Waals surface area contributed by atoms with E-state index in [1.54, 1.807) is 4.68 Å². The van der Waals surface area contributed by atoms with Gasteiger partial charge in [-0.3, -0.25) is 0 Å². The van der Waals surface area contributed by atoms with Crippen molar-refractivity contribution in [1.82, 2.24) is 25.0 Å². The van der Waals surface area contributed by atoms with E-state index in [-0.39, 0.29) is 5.92 Å². The van der Waals surface area contributed by atoms with Crippen molar-refractivity contribution in [2.45, 2.75) is 19.8 Å². The van der Waals surface area contributed by atoms with Gasteiger partial charge in [0.05, 0.1) is 0 Å². The van der Waals surface area contributed by atoms with Gasteiger partial charge in [-0.1, -0.05) is 19.1 Å². The molecule has 0 fully saturated rings. The maximum Gasteiger partial charge on any atom is 0.157 e. The molecule has 2 aromatic rings. The van der Waals surface area contributed by atoms with Gasteiger partial charge >= 0.3 is 0 Å². The van der Waals surface area contributed by atoms with Gasteiger partial charge in [-0.05, 0) is 21.8 Å². The number of rotatable bonds is 2. The second kappa shape index (κ2) is 4.40. The van der Waals surface area contributed by atoms with E-state index < -0.39 is 0 Å². The Morgan fingerprint density at radius 2 is 2.06 bits per heavy atom. The molecule has 2 N–H and O–H groups in total. The average Bonchev–Trinajstić information content (AvgIpc) is 2.57. The molecule has 0 bridgehead atoms. The van der Waals surface area contributed by atoms with Crippen LogP contribution in [-0.4, -0.2) is 25.0 Å². The summed E-state index contributed by atoms with van der Waals surface area (Å²) in [4.78, 5) is 8.33. The predicted molar refractivity (Wildman–Crippen MR) is 68.2 cm³/mol. The van der Waals surface area contributed by atoms with E-state index in [0.29, 0.717) is 10.4 Å². The third-order valence-electron chi connectivity index (χ3n) is 2.50. The zero-order chi connectivity index (χ0) is 12.6. The van der Waals surface area contributed by atoms with Crippen molar-refractivity contribution in [2.75, 3.05) is 5.73 Å². The average molecular weight is 297 g/mol. The molecule has 0 aliphatic rings. The Balaban J connectivity index is 2.72. The first-order valence-electron chi connectivity index (χ1n) is 5.18. The Morgan fingerprint density at radius 3 is 2.59 bits per heavy atom. The molecule has 0 saturated carbocycles. The highest BCUT2D eigenvalue weighted by atomic mass is 79.9. The van der Waals surface area contributed by atoms with E-state index in [1.165, 1.54) is 6.33 Å². The first-order chi connectivity index (χ1) is 8.02. The maximum absolute atomic E-state index is 5.91. The lowest BCUT2D eigenvalue weighted by molar-refractivity contribution is 0.716. The van der Waals surface area contributed by atoms with Crippen molar-refractivity contribution in [3.63, 3.8) is 0 Å². The van der Waals surface area contributed by atoms with Gasteiger partial charge < -0.3 is 5.73 Å². The lowest BCUT2D eigenvalue weighted by atomic mass is 10.0. The Labute approximate surface area is 107 Å². The van der Waals surface area contributed by atoms with Crippen molar-refractivity contribution in [2.24, 2.45) is 7.05 Å². The van der Waals surface area contributed by atoms with Gasteiger partial charge in [0, 0.05) is 12.6 Å². The van der Waals surface area contributed by atoms with Gasteiger partial charge in [0.25, 0.3) is 0 Å². The minimum Gasteiger partial charge on any atom is -0.383 e. The van der Waals surface area contributed by atoms with Crippen molar-refractivity contribution < 1.29 is 0 Å². The summed E-state index contributed by atoms with van der Waals surface area (Å²) >= 11 is 3.37. The topological polar surface area (TPSA) is 82.5 Å². The van der Waals surface area contributed by atoms with Crippen LogP contribution >= 0.6 is 15.9 Å². The van der Waals surface area contributed by atoms with Crippen molar-refractivity contribution >= 4 is 21.7 Å². The van der Waals surface area contributed by atoms with Crippen molar-refractivity contribution in [1.29, 1.82) is 0 Å². The first kappa shape index (κ1) is 12.0. The van der Waals surface area contributed by atoms with E-state index in [1.807, 2.05) is 7.05 Å². The summed E-state index contributed by atoms with van der Waals surface area (Å²) in [7, 11) is 1.81. The molecule has 0 unspecified atom stereocenters. The van der Waals surface area contributed by atoms with Crippen LogP contribution in [0.25, 0.3) is 11.4 Å². The Kier molecular flexibility index (Phi) is 3.10. The Morgan fingerprint density at radius 1 is 1.35 bits per heavy atom. The molecule has 2 aromatic heterocycles. The van der Waals surface area contributed by atoms with Crippen LogP contribution in [0, 0.1) is 0 Å². The molecule has 2 rings (SSSR count). The molecular formula is C10H13BrN6.